The molecule has 5 heterocycles. The van der Waals surface area contributed by atoms with E-state index in [1.54, 1.807) is 37.3 Å². The average Bonchev–Trinajstić information content (AvgIpc) is 4.29. The van der Waals surface area contributed by atoms with Gasteiger partial charge in [-0.3, -0.25) is 38.8 Å². The highest BCUT2D eigenvalue weighted by atomic mass is 32.2. The number of likely N-dealkylation sites (tertiary alicyclic amines) is 1. The molecule has 1 N–H and O–H groups in total. The molecule has 1 fully saturated rings. The van der Waals surface area contributed by atoms with Crippen LogP contribution in [0.4, 0.5) is 28.4 Å². The fourth-order valence-corrected chi connectivity index (χ4v) is 12.7. The highest BCUT2D eigenvalue weighted by Crippen LogP contribution is 2.44. The number of Topliss-reactive ketones (excluding diaryl/α,β-unsaturated/α-hetero) is 1. The molecule has 3 atom stereocenters. The normalized spacial score (nSPS) is 17.8. The molecule has 20 heteroatoms. The summed E-state index contributed by atoms with van der Waals surface area (Å²) < 4.78 is 41.4. The standard InChI is InChI=1S/C61H66N6O12S2/c1-61(2,81-56-31-57(69)65(60(56)72)15-14-45(68)36-80)37-64(16-17-76-20-21-77-19-18-73-3)42-23-38(34-78-54-29-48-46(27-52(54)74-4)58(70)66-43(32-62-48)25-40-10-6-8-12-50(40)66)22-39(24-42)35-79-55-30-49-47(28-53(55)75-5)59(71)67-44(33-63-49)26-41-11-7-9-13-51(41)67/h6-13,22-24,27-30,32,36,43-44,56,63H,14-21,25-26,31,33-35,37H2,1-5H3/t43-,44-,56?/m0/s1. The van der Waals surface area contributed by atoms with Crippen LogP contribution in [0, 0.1) is 0 Å². The number of amides is 4. The maximum atomic E-state index is 14.3. The van der Waals surface area contributed by atoms with E-state index in [1.807, 2.05) is 91.7 Å². The molecule has 0 spiro atoms. The number of methoxy groups -OCH3 is 3. The lowest BCUT2D eigenvalue weighted by molar-refractivity contribution is -0.138. The van der Waals surface area contributed by atoms with Gasteiger partial charge in [-0.15, -0.1) is 11.8 Å². The van der Waals surface area contributed by atoms with Crippen LogP contribution in [-0.2, 0) is 54.6 Å². The predicted molar refractivity (Wildman–Crippen MR) is 315 cm³/mol. The number of ether oxygens (including phenoxy) is 7. The molecule has 0 aliphatic carbocycles. The van der Waals surface area contributed by atoms with E-state index in [2.05, 4.69) is 16.3 Å². The molecule has 5 aromatic rings. The van der Waals surface area contributed by atoms with Crippen LogP contribution in [0.5, 0.6) is 23.0 Å². The Labute approximate surface area is 481 Å². The summed E-state index contributed by atoms with van der Waals surface area (Å²) in [5.74, 6) is 0.314. The summed E-state index contributed by atoms with van der Waals surface area (Å²) in [6.07, 6.45) is 3.21. The van der Waals surface area contributed by atoms with Crippen molar-refractivity contribution in [2.45, 2.75) is 74.8 Å². The number of benzene rings is 5. The van der Waals surface area contributed by atoms with E-state index >= 15 is 0 Å². The molecule has 1 saturated heterocycles. The van der Waals surface area contributed by atoms with Crippen molar-refractivity contribution in [3.05, 3.63) is 124 Å². The number of thioether (sulfide) groups is 1. The lowest BCUT2D eigenvalue weighted by Gasteiger charge is -2.35. The number of fused-ring (bicyclic) bond motifs is 8. The summed E-state index contributed by atoms with van der Waals surface area (Å²) >= 11 is 6.19. The molecule has 424 valence electrons. The van der Waals surface area contributed by atoms with Crippen molar-refractivity contribution in [2.24, 2.45) is 4.99 Å². The Morgan fingerprint density at radius 3 is 2.07 bits per heavy atom. The zero-order chi connectivity index (χ0) is 56.8. The summed E-state index contributed by atoms with van der Waals surface area (Å²) in [6.45, 7) is 7.53. The van der Waals surface area contributed by atoms with Gasteiger partial charge in [-0.05, 0) is 85.0 Å². The van der Waals surface area contributed by atoms with Crippen molar-refractivity contribution in [1.29, 1.82) is 0 Å². The van der Waals surface area contributed by atoms with Crippen LogP contribution < -0.4 is 39.0 Å². The van der Waals surface area contributed by atoms with Crippen molar-refractivity contribution in [3.8, 4) is 23.0 Å². The Bertz CT molecular complexity index is 3260. The first-order chi connectivity index (χ1) is 39.3. The molecule has 10 rings (SSSR count). The lowest BCUT2D eigenvalue weighted by Crippen LogP contribution is -2.41. The highest BCUT2D eigenvalue weighted by Gasteiger charge is 2.43. The van der Waals surface area contributed by atoms with Crippen molar-refractivity contribution < 1.29 is 57.1 Å². The van der Waals surface area contributed by atoms with Crippen molar-refractivity contribution in [2.75, 3.05) is 101 Å². The summed E-state index contributed by atoms with van der Waals surface area (Å²) in [6, 6.07) is 28.6. The monoisotopic (exact) mass is 1140 g/mol. The highest BCUT2D eigenvalue weighted by molar-refractivity contribution is 8.02. The number of carbonyl (C=O) groups excluding carboxylic acids is 5. The van der Waals surface area contributed by atoms with Gasteiger partial charge in [-0.25, -0.2) is 0 Å². The summed E-state index contributed by atoms with van der Waals surface area (Å²) in [4.78, 5) is 79.4. The van der Waals surface area contributed by atoms with E-state index < -0.39 is 10.00 Å². The number of aliphatic imine (C=N–C) groups is 1. The minimum Gasteiger partial charge on any atom is -0.493 e. The van der Waals surface area contributed by atoms with Crippen LogP contribution in [0.3, 0.4) is 0 Å². The smallest absolute Gasteiger partial charge is 0.261 e. The third-order valence-electron chi connectivity index (χ3n) is 14.9. The second-order valence-electron chi connectivity index (χ2n) is 21.0. The summed E-state index contributed by atoms with van der Waals surface area (Å²) in [5, 5.41) is 3.90. The Balaban J connectivity index is 0.951. The quantitative estimate of drug-likeness (QED) is 0.0317. The fraction of sp³-hybridized carbons (Fsp3) is 0.393. The van der Waals surface area contributed by atoms with Gasteiger partial charge in [0.05, 0.1) is 87.1 Å². The molecule has 81 heavy (non-hydrogen) atoms. The second kappa shape index (κ2) is 25.2. The fourth-order valence-electron chi connectivity index (χ4n) is 11.1. The van der Waals surface area contributed by atoms with Crippen LogP contribution in [0.2, 0.25) is 0 Å². The third-order valence-corrected chi connectivity index (χ3v) is 16.6. The Kier molecular flexibility index (Phi) is 17.7. The number of ketones is 1. The van der Waals surface area contributed by atoms with E-state index in [9.17, 15) is 24.0 Å². The van der Waals surface area contributed by atoms with Gasteiger partial charge in [0, 0.05) is 98.1 Å². The number of anilines is 4. The van der Waals surface area contributed by atoms with Gasteiger partial charge in [0.25, 0.3) is 11.8 Å². The van der Waals surface area contributed by atoms with Crippen LogP contribution in [0.25, 0.3) is 0 Å². The van der Waals surface area contributed by atoms with Gasteiger partial charge in [0.2, 0.25) is 11.8 Å². The molecular weight excluding hydrogens is 1070 g/mol. The Morgan fingerprint density at radius 1 is 0.753 bits per heavy atom. The second-order valence-corrected chi connectivity index (χ2v) is 23.1. The van der Waals surface area contributed by atoms with Crippen LogP contribution in [0.15, 0.2) is 96.0 Å². The largest absolute Gasteiger partial charge is 0.493 e. The van der Waals surface area contributed by atoms with E-state index in [0.29, 0.717) is 105 Å². The van der Waals surface area contributed by atoms with E-state index in [1.165, 1.54) is 23.8 Å². The zero-order valence-corrected chi connectivity index (χ0v) is 47.7. The number of rotatable bonds is 26. The van der Waals surface area contributed by atoms with Gasteiger partial charge < -0.3 is 48.3 Å². The lowest BCUT2D eigenvalue weighted by atomic mass is 10.1. The molecule has 5 aromatic carbocycles. The van der Waals surface area contributed by atoms with Crippen LogP contribution >= 0.6 is 24.0 Å². The topological polar surface area (TPSA) is 187 Å². The summed E-state index contributed by atoms with van der Waals surface area (Å²) in [5.41, 5.74) is 8.30. The van der Waals surface area contributed by atoms with Crippen LogP contribution in [0.1, 0.15) is 69.7 Å². The van der Waals surface area contributed by atoms with Gasteiger partial charge in [-0.1, -0.05) is 48.6 Å². The molecule has 0 saturated carbocycles. The van der Waals surface area contributed by atoms with Crippen molar-refractivity contribution in [1.82, 2.24) is 4.90 Å². The Morgan fingerprint density at radius 2 is 1.38 bits per heavy atom. The molecule has 18 nitrogen and oxygen atoms in total. The SMILES string of the molecule is COCCOCCOCCN(CC(C)(C)SC1CC(=O)N(CCC(=O)C=S)C1=O)c1cc(COc2cc3c(cc2OC)C(=O)N2c4ccccc4C[C@H]2C=N3)cc(COc2cc3c(cc2OC)C(=O)N2c4ccccc4C[C@H]2CN3)c1. The number of nitrogens with one attached hydrogen (secondary N) is 1. The maximum absolute atomic E-state index is 14.3. The molecule has 0 radical (unpaired) electrons. The molecule has 0 bridgehead atoms. The zero-order valence-electron chi connectivity index (χ0n) is 46.1. The van der Waals surface area contributed by atoms with Crippen molar-refractivity contribution in [3.63, 3.8) is 0 Å². The molecule has 1 unspecified atom stereocenters. The molecule has 5 aliphatic heterocycles. The average molecular weight is 1140 g/mol. The Hall–Kier alpha value is -7.36. The minimum absolute atomic E-state index is 0.0141. The molecule has 4 amide bonds. The first-order valence-electron chi connectivity index (χ1n) is 27.1. The van der Waals surface area contributed by atoms with Gasteiger partial charge in [-0.2, -0.15) is 0 Å². The molecular formula is C61H66N6O12S2. The van der Waals surface area contributed by atoms with E-state index in [-0.39, 0.29) is 74.1 Å². The van der Waals surface area contributed by atoms with Crippen molar-refractivity contribution >= 4 is 93.4 Å². The first kappa shape index (κ1) is 56.9. The molecule has 5 aliphatic rings. The number of hydrogen-bond acceptors (Lipinski definition) is 17. The van der Waals surface area contributed by atoms with Gasteiger partial charge >= 0.3 is 0 Å². The van der Waals surface area contributed by atoms with E-state index in [4.69, 9.17) is 50.4 Å². The predicted octanol–water partition coefficient (Wildman–Crippen LogP) is 8.23. The minimum atomic E-state index is -0.655. The van der Waals surface area contributed by atoms with Crippen LogP contribution in [-0.4, -0.2) is 149 Å². The number of carbonyl (C=O) groups is 5. The number of hydrogen-bond donors (Lipinski definition) is 1. The number of imide groups is 1. The third kappa shape index (κ3) is 12.6. The number of nitrogens with zero attached hydrogens (tertiary/aromatic N) is 5. The first-order valence-corrected chi connectivity index (χ1v) is 28.4. The molecule has 0 aromatic heterocycles. The maximum Gasteiger partial charge on any atom is 0.261 e. The van der Waals surface area contributed by atoms with E-state index in [0.717, 1.165) is 51.1 Å². The van der Waals surface area contributed by atoms with Gasteiger partial charge in [0.1, 0.15) is 13.2 Å². The number of para-hydroxylation sites is 2. The number of thiocarbonyl (C=S) groups is 1. The summed E-state index contributed by atoms with van der Waals surface area (Å²) in [7, 11) is 4.70. The van der Waals surface area contributed by atoms with Gasteiger partial charge in [0.15, 0.2) is 28.8 Å².